The third kappa shape index (κ3) is 2.73. The Labute approximate surface area is 48.6 Å². The van der Waals surface area contributed by atoms with Gasteiger partial charge in [0.05, 0.1) is 0 Å². The Kier molecular flexibility index (Phi) is 2.24. The first-order valence-corrected chi connectivity index (χ1v) is 1.90. The summed E-state index contributed by atoms with van der Waals surface area (Å²) in [4.78, 5) is 9.33. The summed E-state index contributed by atoms with van der Waals surface area (Å²) in [7, 11) is 0. The van der Waals surface area contributed by atoms with Gasteiger partial charge in [0.15, 0.2) is 0 Å². The molecule has 0 fully saturated rings. The van der Waals surface area contributed by atoms with Crippen LogP contribution in [0.2, 0.25) is 0 Å². The maximum Gasteiger partial charge on any atom is 0.448 e. The summed E-state index contributed by atoms with van der Waals surface area (Å²) in [6, 6.07) is 0. The minimum Gasteiger partial charge on any atom is -0.504 e. The van der Waals surface area contributed by atoms with Crippen molar-refractivity contribution in [2.24, 2.45) is 0 Å². The number of rotatable bonds is 1. The minimum absolute atomic E-state index is 0.0417. The van der Waals surface area contributed by atoms with E-state index in [4.69, 9.17) is 5.11 Å². The van der Waals surface area contributed by atoms with E-state index in [1.165, 1.54) is 0 Å². The highest BCUT2D eigenvalue weighted by Crippen LogP contribution is 2.22. The van der Waals surface area contributed by atoms with Crippen molar-refractivity contribution in [3.8, 4) is 0 Å². The third-order valence-corrected chi connectivity index (χ3v) is 0.516. The molecule has 9 heavy (non-hydrogen) atoms. The zero-order valence-corrected chi connectivity index (χ0v) is 4.14. The van der Waals surface area contributed by atoms with Gasteiger partial charge in [-0.15, -0.1) is 0 Å². The number of aliphatic hydroxyl groups excluding tert-OH is 1. The van der Waals surface area contributed by atoms with Crippen molar-refractivity contribution in [2.45, 2.75) is 6.18 Å². The van der Waals surface area contributed by atoms with Crippen molar-refractivity contribution in [3.63, 3.8) is 0 Å². The average molecular weight is 140 g/mol. The maximum atomic E-state index is 11.2. The van der Waals surface area contributed by atoms with Crippen LogP contribution in [0, 0.1) is 0 Å². The SMILES string of the molecule is O=CC=C(O)C(F)(F)F. The van der Waals surface area contributed by atoms with E-state index in [9.17, 15) is 18.0 Å². The predicted molar refractivity (Wildman–Crippen MR) is 22.8 cm³/mol. The van der Waals surface area contributed by atoms with Gasteiger partial charge in [-0.25, -0.2) is 0 Å². The molecule has 0 aromatic rings. The zero-order valence-electron chi connectivity index (χ0n) is 4.14. The Bertz CT molecular complexity index is 135. The molecule has 0 radical (unpaired) electrons. The number of aliphatic hydroxyl groups is 1. The molecule has 0 aliphatic carbocycles. The first-order chi connectivity index (χ1) is 3.98. The van der Waals surface area contributed by atoms with Gasteiger partial charge in [-0.2, -0.15) is 13.2 Å². The van der Waals surface area contributed by atoms with Crippen LogP contribution in [0.25, 0.3) is 0 Å². The molecular formula is C4H3F3O2. The standard InChI is InChI=1S/C4H3F3O2/c5-4(6,7)3(9)1-2-8/h1-2,9H. The van der Waals surface area contributed by atoms with Crippen LogP contribution in [0.1, 0.15) is 0 Å². The van der Waals surface area contributed by atoms with Crippen LogP contribution in [0.5, 0.6) is 0 Å². The van der Waals surface area contributed by atoms with Crippen molar-refractivity contribution >= 4 is 6.29 Å². The summed E-state index contributed by atoms with van der Waals surface area (Å²) in [6.07, 6.45) is -4.90. The molecule has 0 heterocycles. The van der Waals surface area contributed by atoms with E-state index in [1.807, 2.05) is 0 Å². The first-order valence-electron chi connectivity index (χ1n) is 1.90. The molecule has 5 heteroatoms. The van der Waals surface area contributed by atoms with Gasteiger partial charge in [-0.1, -0.05) is 0 Å². The van der Waals surface area contributed by atoms with Crippen LogP contribution in [0.4, 0.5) is 13.2 Å². The molecule has 1 N–H and O–H groups in total. The summed E-state index contributed by atoms with van der Waals surface area (Å²) >= 11 is 0. The molecule has 0 saturated heterocycles. The van der Waals surface area contributed by atoms with Gasteiger partial charge in [-0.3, -0.25) is 4.79 Å². The largest absolute Gasteiger partial charge is 0.504 e. The molecule has 2 nitrogen and oxygen atoms in total. The van der Waals surface area contributed by atoms with Crippen molar-refractivity contribution < 1.29 is 23.1 Å². The molecule has 0 unspecified atom stereocenters. The molecule has 0 aromatic carbocycles. The molecule has 0 spiro atoms. The van der Waals surface area contributed by atoms with E-state index in [2.05, 4.69) is 0 Å². The molecule has 0 rings (SSSR count). The topological polar surface area (TPSA) is 37.3 Å². The summed E-state index contributed by atoms with van der Waals surface area (Å²) in [5, 5.41) is 7.89. The van der Waals surface area contributed by atoms with E-state index < -0.39 is 11.9 Å². The number of hydrogen-bond acceptors (Lipinski definition) is 2. The van der Waals surface area contributed by atoms with Gasteiger partial charge >= 0.3 is 6.18 Å². The highest BCUT2D eigenvalue weighted by Gasteiger charge is 2.33. The van der Waals surface area contributed by atoms with Crippen LogP contribution in [-0.2, 0) is 4.79 Å². The zero-order chi connectivity index (χ0) is 7.49. The molecule has 0 bridgehead atoms. The Balaban J connectivity index is 4.19. The Morgan fingerprint density at radius 3 is 2.00 bits per heavy atom. The second-order valence-electron chi connectivity index (χ2n) is 1.19. The van der Waals surface area contributed by atoms with Crippen molar-refractivity contribution in [3.05, 3.63) is 11.8 Å². The van der Waals surface area contributed by atoms with E-state index in [1.54, 1.807) is 0 Å². The summed E-state index contributed by atoms with van der Waals surface area (Å²) < 4.78 is 33.5. The molecule has 0 aliphatic heterocycles. The first kappa shape index (κ1) is 8.00. The second kappa shape index (κ2) is 2.52. The second-order valence-corrected chi connectivity index (χ2v) is 1.19. The molecule has 0 amide bonds. The Hall–Kier alpha value is -1.00. The van der Waals surface area contributed by atoms with Gasteiger partial charge < -0.3 is 5.11 Å². The number of halogens is 3. The number of carbonyl (C=O) groups excluding carboxylic acids is 1. The molecule has 0 aromatic heterocycles. The lowest BCUT2D eigenvalue weighted by Crippen LogP contribution is -2.10. The number of alkyl halides is 3. The summed E-state index contributed by atoms with van der Waals surface area (Å²) in [5.41, 5.74) is 0. The van der Waals surface area contributed by atoms with Gasteiger partial charge in [0.2, 0.25) is 5.76 Å². The minimum atomic E-state index is -4.80. The number of allylic oxidation sites excluding steroid dienone is 2. The Morgan fingerprint density at radius 1 is 1.44 bits per heavy atom. The monoisotopic (exact) mass is 140 g/mol. The average Bonchev–Trinajstić information content (AvgIpc) is 1.64. The molecule has 52 valence electrons. The highest BCUT2D eigenvalue weighted by molar-refractivity contribution is 5.65. The van der Waals surface area contributed by atoms with E-state index in [0.717, 1.165) is 0 Å². The maximum absolute atomic E-state index is 11.2. The van der Waals surface area contributed by atoms with Gasteiger partial charge in [0.25, 0.3) is 0 Å². The lowest BCUT2D eigenvalue weighted by molar-refractivity contribution is -0.122. The highest BCUT2D eigenvalue weighted by atomic mass is 19.4. The number of aldehydes is 1. The normalized spacial score (nSPS) is 13.4. The number of hydrogen-bond donors (Lipinski definition) is 1. The summed E-state index contributed by atoms with van der Waals surface area (Å²) in [6.45, 7) is 0. The molecule has 0 saturated carbocycles. The van der Waals surface area contributed by atoms with Gasteiger partial charge in [0, 0.05) is 6.08 Å². The Morgan fingerprint density at radius 2 is 1.89 bits per heavy atom. The fourth-order valence-electron chi connectivity index (χ4n) is 0.159. The molecule has 0 aliphatic rings. The van der Waals surface area contributed by atoms with Gasteiger partial charge in [0.1, 0.15) is 6.29 Å². The third-order valence-electron chi connectivity index (χ3n) is 0.516. The summed E-state index contributed by atoms with van der Waals surface area (Å²) in [5.74, 6) is -1.88. The van der Waals surface area contributed by atoms with Crippen LogP contribution in [-0.4, -0.2) is 17.6 Å². The smallest absolute Gasteiger partial charge is 0.448 e. The van der Waals surface area contributed by atoms with E-state index in [0.29, 0.717) is 0 Å². The molecule has 0 atom stereocenters. The van der Waals surface area contributed by atoms with Crippen molar-refractivity contribution in [1.82, 2.24) is 0 Å². The van der Waals surface area contributed by atoms with Crippen LogP contribution in [0.15, 0.2) is 11.8 Å². The lowest BCUT2D eigenvalue weighted by atomic mass is 10.4. The van der Waals surface area contributed by atoms with Crippen LogP contribution >= 0.6 is 0 Å². The fourth-order valence-corrected chi connectivity index (χ4v) is 0.159. The predicted octanol–water partition coefficient (Wildman–Crippen LogP) is 1.19. The van der Waals surface area contributed by atoms with Crippen molar-refractivity contribution in [1.29, 1.82) is 0 Å². The number of carbonyl (C=O) groups is 1. The quantitative estimate of drug-likeness (QED) is 0.337. The van der Waals surface area contributed by atoms with Crippen LogP contribution in [0.3, 0.4) is 0 Å². The van der Waals surface area contributed by atoms with E-state index >= 15 is 0 Å². The van der Waals surface area contributed by atoms with Crippen molar-refractivity contribution in [2.75, 3.05) is 0 Å². The van der Waals surface area contributed by atoms with Crippen LogP contribution < -0.4 is 0 Å². The molecular weight excluding hydrogens is 137 g/mol. The lowest BCUT2D eigenvalue weighted by Gasteiger charge is -2.01. The van der Waals surface area contributed by atoms with E-state index in [-0.39, 0.29) is 12.4 Å². The fraction of sp³-hybridized carbons (Fsp3) is 0.250. The van der Waals surface area contributed by atoms with Gasteiger partial charge in [-0.05, 0) is 0 Å².